The lowest BCUT2D eigenvalue weighted by Gasteiger charge is -2.38. The lowest BCUT2D eigenvalue weighted by atomic mass is 9.93. The van der Waals surface area contributed by atoms with Crippen LogP contribution in [0.4, 0.5) is 22.0 Å². The number of anilines is 3. The maximum absolute atomic E-state index is 12.6. The molecule has 0 unspecified atom stereocenters. The van der Waals surface area contributed by atoms with E-state index in [1.165, 1.54) is 0 Å². The van der Waals surface area contributed by atoms with E-state index in [-0.39, 0.29) is 11.3 Å². The Bertz CT molecular complexity index is 1160. The van der Waals surface area contributed by atoms with Gasteiger partial charge in [0.15, 0.2) is 5.82 Å². The average molecular weight is 477 g/mol. The van der Waals surface area contributed by atoms with Gasteiger partial charge in [0.2, 0.25) is 0 Å². The van der Waals surface area contributed by atoms with Crippen molar-refractivity contribution in [2.45, 2.75) is 39.5 Å². The molecule has 0 saturated carbocycles. The normalized spacial score (nSPS) is 14.3. The zero-order valence-electron chi connectivity index (χ0n) is 20.6. The molecule has 3 aromatic rings. The van der Waals surface area contributed by atoms with Gasteiger partial charge >= 0.3 is 6.03 Å². The summed E-state index contributed by atoms with van der Waals surface area (Å²) in [7, 11) is 0. The number of hydrogen-bond donors (Lipinski definition) is 3. The van der Waals surface area contributed by atoms with E-state index in [0.717, 1.165) is 31.6 Å². The van der Waals surface area contributed by atoms with Gasteiger partial charge in [-0.25, -0.2) is 4.79 Å². The third-order valence-electron chi connectivity index (χ3n) is 5.95. The molecule has 0 atom stereocenters. The van der Waals surface area contributed by atoms with E-state index in [4.69, 9.17) is 4.52 Å². The SMILES string of the molecule is CCN1CC(Cc2ccc(C(=O)Nc3ccc(NC(=O)Nc4cc(C(C)(C)C)on4)cc3)nc2)C1. The van der Waals surface area contributed by atoms with Crippen LogP contribution in [-0.2, 0) is 11.8 Å². The van der Waals surface area contributed by atoms with Crippen molar-refractivity contribution < 1.29 is 14.1 Å². The molecular formula is C26H32N6O3. The highest BCUT2D eigenvalue weighted by molar-refractivity contribution is 6.03. The monoisotopic (exact) mass is 476 g/mol. The molecule has 1 aliphatic rings. The number of pyridine rings is 1. The first-order valence-electron chi connectivity index (χ1n) is 11.8. The van der Waals surface area contributed by atoms with E-state index in [0.29, 0.717) is 34.6 Å². The minimum atomic E-state index is -0.441. The van der Waals surface area contributed by atoms with Crippen molar-refractivity contribution in [1.29, 1.82) is 0 Å². The Morgan fingerprint density at radius 3 is 2.29 bits per heavy atom. The van der Waals surface area contributed by atoms with Crippen LogP contribution in [-0.4, -0.2) is 46.6 Å². The maximum Gasteiger partial charge on any atom is 0.324 e. The highest BCUT2D eigenvalue weighted by atomic mass is 16.5. The van der Waals surface area contributed by atoms with Gasteiger partial charge in [0.25, 0.3) is 5.91 Å². The van der Waals surface area contributed by atoms with Gasteiger partial charge in [-0.05, 0) is 54.8 Å². The van der Waals surface area contributed by atoms with Crippen molar-refractivity contribution in [2.24, 2.45) is 5.92 Å². The summed E-state index contributed by atoms with van der Waals surface area (Å²) in [6, 6.07) is 11.8. The molecule has 1 aliphatic heterocycles. The molecule has 2 aromatic heterocycles. The Morgan fingerprint density at radius 1 is 1.03 bits per heavy atom. The second kappa shape index (κ2) is 10.3. The van der Waals surface area contributed by atoms with Crippen LogP contribution < -0.4 is 16.0 Å². The summed E-state index contributed by atoms with van der Waals surface area (Å²) in [6.07, 6.45) is 2.77. The van der Waals surface area contributed by atoms with E-state index in [1.54, 1.807) is 42.6 Å². The van der Waals surface area contributed by atoms with Crippen molar-refractivity contribution in [3.8, 4) is 0 Å². The van der Waals surface area contributed by atoms with Crippen LogP contribution in [0.5, 0.6) is 0 Å². The van der Waals surface area contributed by atoms with Crippen LogP contribution in [0.1, 0.15) is 49.5 Å². The van der Waals surface area contributed by atoms with Crippen LogP contribution in [0.25, 0.3) is 0 Å². The number of benzene rings is 1. The standard InChI is InChI=1S/C26H32N6O3/c1-5-32-15-18(16-32)12-17-6-11-21(27-14-17)24(33)28-19-7-9-20(10-8-19)29-25(34)30-23-13-22(35-31-23)26(2,3)4/h6-11,13-14,18H,5,12,15-16H2,1-4H3,(H,28,33)(H2,29,30,31,34). The molecule has 9 heteroatoms. The largest absolute Gasteiger partial charge is 0.359 e. The Morgan fingerprint density at radius 2 is 1.71 bits per heavy atom. The number of hydrogen-bond acceptors (Lipinski definition) is 6. The average Bonchev–Trinajstić information content (AvgIpc) is 3.26. The topological polar surface area (TPSA) is 112 Å². The first-order chi connectivity index (χ1) is 16.7. The van der Waals surface area contributed by atoms with E-state index in [9.17, 15) is 9.59 Å². The molecule has 9 nitrogen and oxygen atoms in total. The van der Waals surface area contributed by atoms with Crippen LogP contribution in [0.3, 0.4) is 0 Å². The van der Waals surface area contributed by atoms with Gasteiger partial charge in [-0.2, -0.15) is 0 Å². The minimum absolute atomic E-state index is 0.200. The van der Waals surface area contributed by atoms with Gasteiger partial charge < -0.3 is 20.1 Å². The summed E-state index contributed by atoms with van der Waals surface area (Å²) in [6.45, 7) is 11.5. The Kier molecular flexibility index (Phi) is 7.16. The molecule has 0 radical (unpaired) electrons. The third-order valence-corrected chi connectivity index (χ3v) is 5.95. The molecule has 1 aromatic carbocycles. The van der Waals surface area contributed by atoms with Gasteiger partial charge in [0.05, 0.1) is 0 Å². The Labute approximate surface area is 205 Å². The van der Waals surface area contributed by atoms with Gasteiger partial charge in [0.1, 0.15) is 11.5 Å². The fraction of sp³-hybridized carbons (Fsp3) is 0.385. The molecule has 3 amide bonds. The summed E-state index contributed by atoms with van der Waals surface area (Å²) in [5.74, 6) is 1.41. The molecular weight excluding hydrogens is 444 g/mol. The highest BCUT2D eigenvalue weighted by Gasteiger charge is 2.25. The van der Waals surface area contributed by atoms with Crippen LogP contribution in [0.2, 0.25) is 0 Å². The number of likely N-dealkylation sites (tertiary alicyclic amines) is 1. The molecule has 1 fully saturated rings. The molecule has 35 heavy (non-hydrogen) atoms. The van der Waals surface area contributed by atoms with Crippen LogP contribution in [0.15, 0.2) is 53.2 Å². The molecule has 0 bridgehead atoms. The van der Waals surface area contributed by atoms with E-state index >= 15 is 0 Å². The fourth-order valence-electron chi connectivity index (χ4n) is 3.88. The summed E-state index contributed by atoms with van der Waals surface area (Å²) < 4.78 is 5.27. The van der Waals surface area contributed by atoms with Crippen molar-refractivity contribution in [3.05, 3.63) is 65.7 Å². The van der Waals surface area contributed by atoms with Gasteiger partial charge in [-0.3, -0.25) is 15.1 Å². The molecule has 184 valence electrons. The predicted octanol–water partition coefficient (Wildman–Crippen LogP) is 4.76. The summed E-state index contributed by atoms with van der Waals surface area (Å²) in [5.41, 5.74) is 2.49. The number of nitrogens with zero attached hydrogens (tertiary/aromatic N) is 3. The zero-order valence-corrected chi connectivity index (χ0v) is 20.6. The molecule has 3 heterocycles. The Hall–Kier alpha value is -3.72. The number of aromatic nitrogens is 2. The Balaban J connectivity index is 1.26. The van der Waals surface area contributed by atoms with Crippen LogP contribution in [0, 0.1) is 5.92 Å². The molecule has 0 aliphatic carbocycles. The second-order valence-electron chi connectivity index (χ2n) is 9.91. The number of carbonyl (C=O) groups excluding carboxylic acids is 2. The van der Waals surface area contributed by atoms with Crippen molar-refractivity contribution in [1.82, 2.24) is 15.0 Å². The van der Waals surface area contributed by atoms with E-state index < -0.39 is 6.03 Å². The number of nitrogens with one attached hydrogen (secondary N) is 3. The molecule has 0 spiro atoms. The van der Waals surface area contributed by atoms with Crippen molar-refractivity contribution in [2.75, 3.05) is 35.6 Å². The van der Waals surface area contributed by atoms with E-state index in [1.807, 2.05) is 26.8 Å². The maximum atomic E-state index is 12.6. The summed E-state index contributed by atoms with van der Waals surface area (Å²) in [5, 5.41) is 12.1. The van der Waals surface area contributed by atoms with E-state index in [2.05, 4.69) is 37.9 Å². The molecule has 1 saturated heterocycles. The lowest BCUT2D eigenvalue weighted by Crippen LogP contribution is -2.47. The van der Waals surface area contributed by atoms with Crippen LogP contribution >= 0.6 is 0 Å². The molecule has 4 rings (SSSR count). The first kappa shape index (κ1) is 24.4. The van der Waals surface area contributed by atoms with Gasteiger partial charge in [-0.1, -0.05) is 38.9 Å². The smallest absolute Gasteiger partial charge is 0.324 e. The highest BCUT2D eigenvalue weighted by Crippen LogP contribution is 2.24. The second-order valence-corrected chi connectivity index (χ2v) is 9.91. The number of urea groups is 1. The number of carbonyl (C=O) groups is 2. The number of rotatable bonds is 7. The lowest BCUT2D eigenvalue weighted by molar-refractivity contribution is 0.102. The third kappa shape index (κ3) is 6.45. The quantitative estimate of drug-likeness (QED) is 0.453. The minimum Gasteiger partial charge on any atom is -0.359 e. The van der Waals surface area contributed by atoms with Gasteiger partial charge in [-0.15, -0.1) is 0 Å². The summed E-state index contributed by atoms with van der Waals surface area (Å²) in [4.78, 5) is 31.6. The first-order valence-corrected chi connectivity index (χ1v) is 11.8. The predicted molar refractivity (Wildman–Crippen MR) is 136 cm³/mol. The zero-order chi connectivity index (χ0) is 25.0. The van der Waals surface area contributed by atoms with Crippen molar-refractivity contribution in [3.63, 3.8) is 0 Å². The van der Waals surface area contributed by atoms with Crippen molar-refractivity contribution >= 4 is 29.1 Å². The fourth-order valence-corrected chi connectivity index (χ4v) is 3.88. The molecule has 3 N–H and O–H groups in total. The van der Waals surface area contributed by atoms with Gasteiger partial charge in [0, 0.05) is 42.1 Å². The summed E-state index contributed by atoms with van der Waals surface area (Å²) >= 11 is 0. The number of amides is 3.